The fourth-order valence-corrected chi connectivity index (χ4v) is 3.22. The standard InChI is InChI=1S/C20H23F6N5O2/c1-18(2)13(8-14(18)32)30-15-12(20(24,25)26)10-29-17(31-15)28-9-11-4-3-6-27-16(11)33-7-5-19(21,22)23/h3-4,6,10,13-14,32H,5,7-9H2,1-2H3,(H2,28,29,30,31)/t13-,14+/m1/s1. The van der Waals surface area contributed by atoms with E-state index in [1.165, 1.54) is 12.3 Å². The Labute approximate surface area is 185 Å². The second-order valence-electron chi connectivity index (χ2n) is 8.26. The molecular formula is C20H23F6N5O2. The van der Waals surface area contributed by atoms with E-state index in [0.29, 0.717) is 11.8 Å². The van der Waals surface area contributed by atoms with E-state index in [1.54, 1.807) is 19.9 Å². The fourth-order valence-electron chi connectivity index (χ4n) is 3.22. The molecule has 2 aromatic heterocycles. The van der Waals surface area contributed by atoms with Gasteiger partial charge >= 0.3 is 12.4 Å². The molecule has 0 spiro atoms. The van der Waals surface area contributed by atoms with E-state index in [1.807, 2.05) is 0 Å². The molecule has 2 aromatic rings. The van der Waals surface area contributed by atoms with Gasteiger partial charge in [0.25, 0.3) is 0 Å². The summed E-state index contributed by atoms with van der Waals surface area (Å²) in [5.41, 5.74) is -1.32. The van der Waals surface area contributed by atoms with Gasteiger partial charge < -0.3 is 20.5 Å². The Bertz CT molecular complexity index is 967. The van der Waals surface area contributed by atoms with Gasteiger partial charge in [-0.05, 0) is 12.5 Å². The second kappa shape index (κ2) is 9.20. The lowest BCUT2D eigenvalue weighted by atomic mass is 9.64. The van der Waals surface area contributed by atoms with Crippen LogP contribution in [0.1, 0.15) is 37.8 Å². The zero-order valence-corrected chi connectivity index (χ0v) is 17.8. The Morgan fingerprint density at radius 3 is 2.52 bits per heavy atom. The first-order chi connectivity index (χ1) is 15.3. The molecule has 2 heterocycles. The first-order valence-corrected chi connectivity index (χ1v) is 10.0. The Morgan fingerprint density at radius 1 is 1.18 bits per heavy atom. The molecule has 7 nitrogen and oxygen atoms in total. The van der Waals surface area contributed by atoms with Crippen LogP contribution >= 0.6 is 0 Å². The highest BCUT2D eigenvalue weighted by atomic mass is 19.4. The predicted octanol–water partition coefficient (Wildman–Crippen LogP) is 4.41. The molecule has 0 radical (unpaired) electrons. The molecule has 0 unspecified atom stereocenters. The number of rotatable bonds is 8. The summed E-state index contributed by atoms with van der Waals surface area (Å²) in [6, 6.07) is 2.66. The first-order valence-electron chi connectivity index (χ1n) is 10.0. The van der Waals surface area contributed by atoms with Crippen molar-refractivity contribution < 1.29 is 36.2 Å². The lowest BCUT2D eigenvalue weighted by Gasteiger charge is -2.49. The molecule has 3 N–H and O–H groups in total. The predicted molar refractivity (Wildman–Crippen MR) is 107 cm³/mol. The van der Waals surface area contributed by atoms with Crippen molar-refractivity contribution in [2.24, 2.45) is 5.41 Å². The summed E-state index contributed by atoms with van der Waals surface area (Å²) in [5, 5.41) is 15.4. The van der Waals surface area contributed by atoms with Gasteiger partial charge in [-0.15, -0.1) is 0 Å². The number of pyridine rings is 1. The molecule has 0 aromatic carbocycles. The average molecular weight is 479 g/mol. The zero-order chi connectivity index (χ0) is 24.4. The monoisotopic (exact) mass is 479 g/mol. The summed E-state index contributed by atoms with van der Waals surface area (Å²) in [6.45, 7) is 2.79. The number of aliphatic hydroxyl groups excluding tert-OH is 1. The number of hydrogen-bond acceptors (Lipinski definition) is 7. The van der Waals surface area contributed by atoms with Crippen molar-refractivity contribution in [2.75, 3.05) is 17.2 Å². The minimum Gasteiger partial charge on any atom is -0.477 e. The van der Waals surface area contributed by atoms with E-state index in [0.717, 1.165) is 0 Å². The third-order valence-electron chi connectivity index (χ3n) is 5.53. The number of aliphatic hydroxyl groups is 1. The van der Waals surface area contributed by atoms with Gasteiger partial charge in [0.05, 0.1) is 19.1 Å². The van der Waals surface area contributed by atoms with E-state index in [9.17, 15) is 31.4 Å². The molecule has 13 heteroatoms. The molecule has 0 amide bonds. The third-order valence-corrected chi connectivity index (χ3v) is 5.53. The number of hydrogen-bond donors (Lipinski definition) is 3. The van der Waals surface area contributed by atoms with Crippen molar-refractivity contribution in [3.05, 3.63) is 35.7 Å². The second-order valence-corrected chi connectivity index (χ2v) is 8.26. The average Bonchev–Trinajstić information content (AvgIpc) is 2.71. The van der Waals surface area contributed by atoms with Crippen LogP contribution < -0.4 is 15.4 Å². The molecule has 182 valence electrons. The Morgan fingerprint density at radius 2 is 1.91 bits per heavy atom. The highest BCUT2D eigenvalue weighted by Gasteiger charge is 2.48. The van der Waals surface area contributed by atoms with E-state index in [4.69, 9.17) is 4.74 Å². The molecular weight excluding hydrogens is 456 g/mol. The number of ether oxygens (including phenoxy) is 1. The summed E-state index contributed by atoms with van der Waals surface area (Å²) in [4.78, 5) is 11.6. The fraction of sp³-hybridized carbons (Fsp3) is 0.550. The number of nitrogens with one attached hydrogen (secondary N) is 2. The smallest absolute Gasteiger partial charge is 0.421 e. The van der Waals surface area contributed by atoms with Gasteiger partial charge in [0.15, 0.2) is 0 Å². The third kappa shape index (κ3) is 6.15. The molecule has 1 aliphatic rings. The topological polar surface area (TPSA) is 92.2 Å². The number of nitrogens with zero attached hydrogens (tertiary/aromatic N) is 3. The van der Waals surface area contributed by atoms with Gasteiger partial charge in [0.1, 0.15) is 11.4 Å². The molecule has 1 saturated carbocycles. The van der Waals surface area contributed by atoms with Crippen LogP contribution in [0.3, 0.4) is 0 Å². The first kappa shape index (κ1) is 24.8. The van der Waals surface area contributed by atoms with Gasteiger partial charge in [-0.25, -0.2) is 9.97 Å². The van der Waals surface area contributed by atoms with Crippen LogP contribution in [0.5, 0.6) is 5.88 Å². The van der Waals surface area contributed by atoms with E-state index in [2.05, 4.69) is 25.6 Å². The molecule has 3 rings (SSSR count). The van der Waals surface area contributed by atoms with Crippen molar-refractivity contribution in [1.29, 1.82) is 0 Å². The van der Waals surface area contributed by atoms with Gasteiger partial charge in [0.2, 0.25) is 11.8 Å². The molecule has 2 atom stereocenters. The van der Waals surface area contributed by atoms with Crippen molar-refractivity contribution in [3.8, 4) is 5.88 Å². The zero-order valence-electron chi connectivity index (χ0n) is 17.8. The Balaban J connectivity index is 1.73. The van der Waals surface area contributed by atoms with Crippen LogP contribution in [0.4, 0.5) is 38.1 Å². The number of alkyl halides is 6. The van der Waals surface area contributed by atoms with Gasteiger partial charge in [-0.3, -0.25) is 0 Å². The van der Waals surface area contributed by atoms with Crippen molar-refractivity contribution in [3.63, 3.8) is 0 Å². The number of halogens is 6. The van der Waals surface area contributed by atoms with Gasteiger partial charge in [-0.2, -0.15) is 31.3 Å². The number of anilines is 2. The summed E-state index contributed by atoms with van der Waals surface area (Å²) >= 11 is 0. The normalized spacial score (nSPS) is 20.2. The maximum atomic E-state index is 13.4. The summed E-state index contributed by atoms with van der Waals surface area (Å²) in [6.07, 6.45) is -8.62. The lowest BCUT2D eigenvalue weighted by Crippen LogP contribution is -2.57. The van der Waals surface area contributed by atoms with E-state index >= 15 is 0 Å². The van der Waals surface area contributed by atoms with E-state index in [-0.39, 0.29) is 24.8 Å². The van der Waals surface area contributed by atoms with Gasteiger partial charge in [0, 0.05) is 36.0 Å². The largest absolute Gasteiger partial charge is 0.477 e. The van der Waals surface area contributed by atoms with E-state index < -0.39 is 54.3 Å². The van der Waals surface area contributed by atoms with Crippen LogP contribution in [0, 0.1) is 5.41 Å². The lowest BCUT2D eigenvalue weighted by molar-refractivity contribution is -0.140. The molecule has 0 aliphatic heterocycles. The highest BCUT2D eigenvalue weighted by Crippen LogP contribution is 2.43. The summed E-state index contributed by atoms with van der Waals surface area (Å²) in [5.74, 6) is -0.601. The van der Waals surface area contributed by atoms with Gasteiger partial charge in [-0.1, -0.05) is 19.9 Å². The number of aromatic nitrogens is 3. The minimum absolute atomic E-state index is 0.0373. The summed E-state index contributed by atoms with van der Waals surface area (Å²) < 4.78 is 82.4. The summed E-state index contributed by atoms with van der Waals surface area (Å²) in [7, 11) is 0. The molecule has 0 bridgehead atoms. The van der Waals surface area contributed by atoms with Crippen molar-refractivity contribution >= 4 is 11.8 Å². The van der Waals surface area contributed by atoms with Crippen LogP contribution in [0.15, 0.2) is 24.5 Å². The highest BCUT2D eigenvalue weighted by molar-refractivity contribution is 5.50. The SMILES string of the molecule is CC1(C)[C@@H](O)C[C@H]1Nc1nc(NCc2cccnc2OCCC(F)(F)F)ncc1C(F)(F)F. The molecule has 0 saturated heterocycles. The Hall–Kier alpha value is -2.83. The Kier molecular flexibility index (Phi) is 6.91. The van der Waals surface area contributed by atoms with Crippen LogP contribution in [0.25, 0.3) is 0 Å². The van der Waals surface area contributed by atoms with Crippen LogP contribution in [0.2, 0.25) is 0 Å². The quantitative estimate of drug-likeness (QED) is 0.483. The minimum atomic E-state index is -4.70. The van der Waals surface area contributed by atoms with Crippen LogP contribution in [-0.2, 0) is 12.7 Å². The molecule has 1 fully saturated rings. The maximum absolute atomic E-state index is 13.4. The maximum Gasteiger partial charge on any atom is 0.421 e. The molecule has 1 aliphatic carbocycles. The van der Waals surface area contributed by atoms with Crippen LogP contribution in [-0.4, -0.2) is 45.0 Å². The molecule has 33 heavy (non-hydrogen) atoms. The van der Waals surface area contributed by atoms with Crippen molar-refractivity contribution in [2.45, 2.75) is 57.7 Å². The van der Waals surface area contributed by atoms with Crippen molar-refractivity contribution in [1.82, 2.24) is 15.0 Å².